The van der Waals surface area contributed by atoms with Crippen LogP contribution >= 0.6 is 0 Å². The van der Waals surface area contributed by atoms with Crippen LogP contribution in [-0.2, 0) is 4.79 Å². The van der Waals surface area contributed by atoms with E-state index in [1.165, 1.54) is 6.92 Å². The summed E-state index contributed by atoms with van der Waals surface area (Å²) < 4.78 is 0. The standard InChI is InChI=1S/C10H14N2O/c1-5-10(11-4)7-6-8(2)12-9(3)13/h5-7H,2,4H2,1,3H3,(H,12,13)/b7-6+,10-5-. The number of carbonyl (C=O) groups is 1. The van der Waals surface area contributed by atoms with E-state index in [4.69, 9.17) is 0 Å². The molecule has 0 rings (SSSR count). The number of amides is 1. The zero-order valence-corrected chi connectivity index (χ0v) is 8.00. The van der Waals surface area contributed by atoms with E-state index in [0.717, 1.165) is 5.70 Å². The molecule has 3 nitrogen and oxygen atoms in total. The fourth-order valence-corrected chi connectivity index (χ4v) is 0.694. The first-order chi connectivity index (χ1) is 6.10. The quantitative estimate of drug-likeness (QED) is 0.517. The Bertz CT molecular complexity index is 275. The van der Waals surface area contributed by atoms with Crippen molar-refractivity contribution in [1.29, 1.82) is 0 Å². The molecule has 0 aliphatic heterocycles. The lowest BCUT2D eigenvalue weighted by atomic mass is 10.3. The largest absolute Gasteiger partial charge is 0.327 e. The fraction of sp³-hybridized carbons (Fsp3) is 0.200. The van der Waals surface area contributed by atoms with Gasteiger partial charge in [-0.2, -0.15) is 0 Å². The maximum atomic E-state index is 10.6. The van der Waals surface area contributed by atoms with E-state index < -0.39 is 0 Å². The second-order valence-electron chi connectivity index (χ2n) is 2.41. The molecule has 0 aliphatic carbocycles. The molecule has 0 saturated heterocycles. The SMILES string of the molecule is C=NC(=C\C)/C=C/C(=C)NC(C)=O. The van der Waals surface area contributed by atoms with Crippen LogP contribution in [0.3, 0.4) is 0 Å². The van der Waals surface area contributed by atoms with Gasteiger partial charge in [0.2, 0.25) is 5.91 Å². The molecule has 0 saturated carbocycles. The highest BCUT2D eigenvalue weighted by atomic mass is 16.1. The minimum atomic E-state index is -0.136. The van der Waals surface area contributed by atoms with Gasteiger partial charge in [0, 0.05) is 12.6 Å². The van der Waals surface area contributed by atoms with E-state index in [2.05, 4.69) is 23.6 Å². The molecule has 0 unspecified atom stereocenters. The van der Waals surface area contributed by atoms with Gasteiger partial charge in [0.1, 0.15) is 0 Å². The Hall–Kier alpha value is -1.64. The van der Waals surface area contributed by atoms with E-state index in [-0.39, 0.29) is 5.91 Å². The Balaban J connectivity index is 4.19. The fourth-order valence-electron chi connectivity index (χ4n) is 0.694. The minimum absolute atomic E-state index is 0.136. The van der Waals surface area contributed by atoms with Crippen molar-refractivity contribution in [3.8, 4) is 0 Å². The highest BCUT2D eigenvalue weighted by Gasteiger charge is 1.90. The third-order valence-corrected chi connectivity index (χ3v) is 1.27. The van der Waals surface area contributed by atoms with Crippen LogP contribution in [0.1, 0.15) is 13.8 Å². The van der Waals surface area contributed by atoms with Gasteiger partial charge in [-0.15, -0.1) is 0 Å². The van der Waals surface area contributed by atoms with Crippen LogP contribution in [-0.4, -0.2) is 12.6 Å². The van der Waals surface area contributed by atoms with Crippen molar-refractivity contribution in [3.05, 3.63) is 36.2 Å². The number of rotatable bonds is 4. The topological polar surface area (TPSA) is 41.5 Å². The van der Waals surface area contributed by atoms with Crippen LogP contribution in [0.2, 0.25) is 0 Å². The molecule has 0 atom stereocenters. The summed E-state index contributed by atoms with van der Waals surface area (Å²) >= 11 is 0. The summed E-state index contributed by atoms with van der Waals surface area (Å²) in [7, 11) is 0. The van der Waals surface area contributed by atoms with E-state index >= 15 is 0 Å². The number of allylic oxidation sites excluding steroid dienone is 3. The van der Waals surface area contributed by atoms with Crippen LogP contribution in [0.4, 0.5) is 0 Å². The van der Waals surface area contributed by atoms with Crippen molar-refractivity contribution >= 4 is 12.6 Å². The normalized spacial score (nSPS) is 11.4. The molecule has 13 heavy (non-hydrogen) atoms. The molecule has 0 aromatic carbocycles. The molecule has 0 aromatic heterocycles. The number of aliphatic imine (C=N–C) groups is 1. The summed E-state index contributed by atoms with van der Waals surface area (Å²) in [6.45, 7) is 10.3. The lowest BCUT2D eigenvalue weighted by molar-refractivity contribution is -0.118. The van der Waals surface area contributed by atoms with Gasteiger partial charge < -0.3 is 5.32 Å². The molecule has 0 fully saturated rings. The molecule has 70 valence electrons. The first-order valence-electron chi connectivity index (χ1n) is 3.87. The number of hydrogen-bond donors (Lipinski definition) is 1. The van der Waals surface area contributed by atoms with Crippen molar-refractivity contribution in [1.82, 2.24) is 5.32 Å². The lowest BCUT2D eigenvalue weighted by Gasteiger charge is -1.98. The summed E-state index contributed by atoms with van der Waals surface area (Å²) in [5.41, 5.74) is 1.28. The molecule has 0 aromatic rings. The van der Waals surface area contributed by atoms with Gasteiger partial charge in [-0.25, -0.2) is 0 Å². The Kier molecular flexibility index (Phi) is 5.19. The monoisotopic (exact) mass is 178 g/mol. The smallest absolute Gasteiger partial charge is 0.221 e. The predicted molar refractivity (Wildman–Crippen MR) is 55.4 cm³/mol. The summed E-state index contributed by atoms with van der Waals surface area (Å²) in [4.78, 5) is 14.3. The maximum absolute atomic E-state index is 10.6. The molecule has 0 heterocycles. The van der Waals surface area contributed by atoms with Gasteiger partial charge in [-0.05, 0) is 25.8 Å². The first kappa shape index (κ1) is 11.4. The third-order valence-electron chi connectivity index (χ3n) is 1.27. The van der Waals surface area contributed by atoms with E-state index in [9.17, 15) is 4.79 Å². The van der Waals surface area contributed by atoms with Gasteiger partial charge in [0.15, 0.2) is 0 Å². The summed E-state index contributed by atoms with van der Waals surface area (Å²) in [5, 5.41) is 2.54. The lowest BCUT2D eigenvalue weighted by Crippen LogP contribution is -2.16. The Morgan fingerprint density at radius 2 is 2.08 bits per heavy atom. The van der Waals surface area contributed by atoms with Crippen LogP contribution < -0.4 is 5.32 Å². The molecule has 0 aliphatic rings. The van der Waals surface area contributed by atoms with Crippen molar-refractivity contribution in [2.75, 3.05) is 0 Å². The predicted octanol–water partition coefficient (Wildman–Crippen LogP) is 1.80. The van der Waals surface area contributed by atoms with Gasteiger partial charge in [-0.3, -0.25) is 9.79 Å². The number of nitrogens with zero attached hydrogens (tertiary/aromatic N) is 1. The van der Waals surface area contributed by atoms with Crippen LogP contribution in [0.5, 0.6) is 0 Å². The van der Waals surface area contributed by atoms with Crippen molar-refractivity contribution < 1.29 is 4.79 Å². The Morgan fingerprint density at radius 3 is 2.46 bits per heavy atom. The highest BCUT2D eigenvalue weighted by molar-refractivity contribution is 5.75. The maximum Gasteiger partial charge on any atom is 0.221 e. The average molecular weight is 178 g/mol. The minimum Gasteiger partial charge on any atom is -0.327 e. The number of carbonyl (C=O) groups excluding carboxylic acids is 1. The van der Waals surface area contributed by atoms with E-state index in [0.29, 0.717) is 5.70 Å². The number of hydrogen-bond acceptors (Lipinski definition) is 2. The zero-order chi connectivity index (χ0) is 10.3. The van der Waals surface area contributed by atoms with E-state index in [1.807, 2.05) is 13.0 Å². The van der Waals surface area contributed by atoms with Crippen molar-refractivity contribution in [3.63, 3.8) is 0 Å². The van der Waals surface area contributed by atoms with E-state index in [1.54, 1.807) is 12.2 Å². The Morgan fingerprint density at radius 1 is 1.46 bits per heavy atom. The molecule has 3 heteroatoms. The van der Waals surface area contributed by atoms with Crippen molar-refractivity contribution in [2.45, 2.75) is 13.8 Å². The Labute approximate surface area is 78.6 Å². The molecule has 1 amide bonds. The molecule has 0 spiro atoms. The van der Waals surface area contributed by atoms with Crippen LogP contribution in [0, 0.1) is 0 Å². The molecule has 0 radical (unpaired) electrons. The number of nitrogens with one attached hydrogen (secondary N) is 1. The third kappa shape index (κ3) is 5.61. The zero-order valence-electron chi connectivity index (χ0n) is 8.00. The van der Waals surface area contributed by atoms with Crippen molar-refractivity contribution in [2.24, 2.45) is 4.99 Å². The van der Waals surface area contributed by atoms with Gasteiger partial charge in [0.05, 0.1) is 5.70 Å². The highest BCUT2D eigenvalue weighted by Crippen LogP contribution is 1.99. The second-order valence-corrected chi connectivity index (χ2v) is 2.41. The van der Waals surface area contributed by atoms with Crippen LogP contribution in [0.25, 0.3) is 0 Å². The van der Waals surface area contributed by atoms with Gasteiger partial charge >= 0.3 is 0 Å². The molecule has 1 N–H and O–H groups in total. The molecule has 0 bridgehead atoms. The molecular weight excluding hydrogens is 164 g/mol. The van der Waals surface area contributed by atoms with Gasteiger partial charge in [0.25, 0.3) is 0 Å². The molecular formula is C10H14N2O. The first-order valence-corrected chi connectivity index (χ1v) is 3.87. The van der Waals surface area contributed by atoms with Gasteiger partial charge in [-0.1, -0.05) is 12.7 Å². The summed E-state index contributed by atoms with van der Waals surface area (Å²) in [5.74, 6) is -0.136. The summed E-state index contributed by atoms with van der Waals surface area (Å²) in [6, 6.07) is 0. The average Bonchev–Trinajstić information content (AvgIpc) is 2.05. The summed E-state index contributed by atoms with van der Waals surface area (Å²) in [6.07, 6.45) is 5.21. The van der Waals surface area contributed by atoms with Crippen LogP contribution in [0.15, 0.2) is 41.2 Å². The second kappa shape index (κ2) is 5.94.